The Hall–Kier alpha value is -5.22. The van der Waals surface area contributed by atoms with E-state index in [0.717, 1.165) is 55.4 Å². The van der Waals surface area contributed by atoms with Gasteiger partial charge in [0.25, 0.3) is 0 Å². The zero-order chi connectivity index (χ0) is 28.4. The Kier molecular flexibility index (Phi) is 5.35. The SMILES string of the molecule is CC(C)(C)c1ccc(-n2c(-c3cccc4c3oc3ncccc34)nc3c4ccccc4ccc32)c(-c2ccccc2)c1. The Labute approximate surface area is 243 Å². The third kappa shape index (κ3) is 3.76. The maximum Gasteiger partial charge on any atom is 0.227 e. The molecule has 8 aromatic rings. The molecule has 0 aliphatic heterocycles. The van der Waals surface area contributed by atoms with Crippen molar-refractivity contribution in [3.63, 3.8) is 0 Å². The first-order valence-corrected chi connectivity index (χ1v) is 14.3. The third-order valence-corrected chi connectivity index (χ3v) is 8.25. The Morgan fingerprint density at radius 3 is 2.31 bits per heavy atom. The van der Waals surface area contributed by atoms with Crippen LogP contribution in [0, 0.1) is 0 Å². The number of hydrogen-bond acceptors (Lipinski definition) is 3. The molecule has 3 aromatic heterocycles. The molecule has 0 fully saturated rings. The van der Waals surface area contributed by atoms with Gasteiger partial charge in [0.15, 0.2) is 0 Å². The second-order valence-electron chi connectivity index (χ2n) is 11.9. The van der Waals surface area contributed by atoms with E-state index in [1.165, 1.54) is 16.5 Å². The predicted octanol–water partition coefficient (Wildman–Crippen LogP) is 10.1. The van der Waals surface area contributed by atoms with Crippen molar-refractivity contribution in [1.29, 1.82) is 0 Å². The van der Waals surface area contributed by atoms with Gasteiger partial charge < -0.3 is 4.42 Å². The summed E-state index contributed by atoms with van der Waals surface area (Å²) in [4.78, 5) is 9.91. The van der Waals surface area contributed by atoms with Gasteiger partial charge in [0.1, 0.15) is 11.4 Å². The molecule has 202 valence electrons. The van der Waals surface area contributed by atoms with E-state index >= 15 is 0 Å². The smallest absolute Gasteiger partial charge is 0.227 e. The molecule has 5 aromatic carbocycles. The van der Waals surface area contributed by atoms with Crippen molar-refractivity contribution < 1.29 is 4.42 Å². The third-order valence-electron chi connectivity index (χ3n) is 8.25. The van der Waals surface area contributed by atoms with E-state index in [1.54, 1.807) is 6.20 Å². The highest BCUT2D eigenvalue weighted by Gasteiger charge is 2.24. The lowest BCUT2D eigenvalue weighted by Crippen LogP contribution is -2.12. The standard InChI is InChI=1S/C38H29N3O/c1-38(2,3)26-19-21-32(31(23-26)24-11-5-4-6-12-24)41-33-20-18-25-13-7-8-14-27(25)34(33)40-36(41)30-16-9-15-28-29-17-10-22-39-37(29)42-35(28)30/h4-23H,1-3H3. The van der Waals surface area contributed by atoms with Gasteiger partial charge in [-0.2, -0.15) is 0 Å². The van der Waals surface area contributed by atoms with Gasteiger partial charge >= 0.3 is 0 Å². The van der Waals surface area contributed by atoms with E-state index < -0.39 is 0 Å². The molecule has 0 unspecified atom stereocenters. The number of hydrogen-bond donors (Lipinski definition) is 0. The summed E-state index contributed by atoms with van der Waals surface area (Å²) in [5, 5.41) is 4.33. The van der Waals surface area contributed by atoms with Gasteiger partial charge in [-0.05, 0) is 58.3 Å². The molecule has 0 spiro atoms. The van der Waals surface area contributed by atoms with Crippen molar-refractivity contribution in [2.45, 2.75) is 26.2 Å². The van der Waals surface area contributed by atoms with Gasteiger partial charge in [0, 0.05) is 27.9 Å². The van der Waals surface area contributed by atoms with Gasteiger partial charge in [-0.15, -0.1) is 0 Å². The van der Waals surface area contributed by atoms with Crippen LogP contribution in [0.4, 0.5) is 0 Å². The molecule has 8 rings (SSSR count). The maximum atomic E-state index is 6.43. The molecule has 0 amide bonds. The second-order valence-corrected chi connectivity index (χ2v) is 11.9. The van der Waals surface area contributed by atoms with Crippen molar-refractivity contribution in [2.75, 3.05) is 0 Å². The van der Waals surface area contributed by atoms with E-state index in [-0.39, 0.29) is 5.41 Å². The van der Waals surface area contributed by atoms with E-state index in [0.29, 0.717) is 5.71 Å². The molecule has 4 heteroatoms. The van der Waals surface area contributed by atoms with Crippen LogP contribution in [0.2, 0.25) is 0 Å². The predicted molar refractivity (Wildman–Crippen MR) is 173 cm³/mol. The average molecular weight is 544 g/mol. The molecule has 0 aliphatic carbocycles. The molecule has 0 aliphatic rings. The normalized spacial score (nSPS) is 12.2. The summed E-state index contributed by atoms with van der Waals surface area (Å²) in [7, 11) is 0. The Morgan fingerprint density at radius 1 is 0.667 bits per heavy atom. The zero-order valence-electron chi connectivity index (χ0n) is 23.8. The summed E-state index contributed by atoms with van der Waals surface area (Å²) in [5.41, 5.74) is 9.07. The minimum Gasteiger partial charge on any atom is -0.437 e. The monoisotopic (exact) mass is 543 g/mol. The number of nitrogens with zero attached hydrogens (tertiary/aromatic N) is 3. The number of fused-ring (bicyclic) bond motifs is 6. The summed E-state index contributed by atoms with van der Waals surface area (Å²) in [6, 6.07) is 40.6. The minimum atomic E-state index is 0.00493. The molecule has 4 nitrogen and oxygen atoms in total. The fourth-order valence-electron chi connectivity index (χ4n) is 6.09. The average Bonchev–Trinajstić information content (AvgIpc) is 3.60. The van der Waals surface area contributed by atoms with E-state index in [4.69, 9.17) is 9.40 Å². The first-order chi connectivity index (χ1) is 20.5. The molecule has 0 atom stereocenters. The summed E-state index contributed by atoms with van der Waals surface area (Å²) in [6.07, 6.45) is 1.77. The number of benzene rings is 5. The van der Waals surface area contributed by atoms with Crippen LogP contribution in [0.15, 0.2) is 126 Å². The topological polar surface area (TPSA) is 43.9 Å². The van der Waals surface area contributed by atoms with Crippen molar-refractivity contribution in [1.82, 2.24) is 14.5 Å². The Bertz CT molecular complexity index is 2280. The first kappa shape index (κ1) is 24.6. The lowest BCUT2D eigenvalue weighted by molar-refractivity contribution is 0.590. The molecular formula is C38H29N3O. The molecule has 0 radical (unpaired) electrons. The summed E-state index contributed by atoms with van der Waals surface area (Å²) in [6.45, 7) is 6.78. The number of furan rings is 1. The minimum absolute atomic E-state index is 0.00493. The molecule has 3 heterocycles. The lowest BCUT2D eigenvalue weighted by atomic mass is 9.85. The highest BCUT2D eigenvalue weighted by Crippen LogP contribution is 2.41. The van der Waals surface area contributed by atoms with Gasteiger partial charge in [-0.1, -0.05) is 99.6 Å². The largest absolute Gasteiger partial charge is 0.437 e. The van der Waals surface area contributed by atoms with Crippen molar-refractivity contribution in [3.8, 4) is 28.2 Å². The number of para-hydroxylation sites is 1. The molecule has 0 N–H and O–H groups in total. The van der Waals surface area contributed by atoms with E-state index in [2.05, 4.69) is 140 Å². The van der Waals surface area contributed by atoms with Crippen LogP contribution in [-0.4, -0.2) is 14.5 Å². The number of rotatable bonds is 3. The van der Waals surface area contributed by atoms with Crippen LogP contribution in [0.3, 0.4) is 0 Å². The molecule has 0 saturated heterocycles. The highest BCUT2D eigenvalue weighted by molar-refractivity contribution is 6.10. The molecular weight excluding hydrogens is 514 g/mol. The summed E-state index contributed by atoms with van der Waals surface area (Å²) >= 11 is 0. The second kappa shape index (κ2) is 9.15. The van der Waals surface area contributed by atoms with Crippen molar-refractivity contribution in [3.05, 3.63) is 127 Å². The van der Waals surface area contributed by atoms with Crippen LogP contribution >= 0.6 is 0 Å². The van der Waals surface area contributed by atoms with Crippen LogP contribution in [-0.2, 0) is 5.41 Å². The van der Waals surface area contributed by atoms with Gasteiger partial charge in [-0.25, -0.2) is 9.97 Å². The van der Waals surface area contributed by atoms with Crippen molar-refractivity contribution >= 4 is 43.9 Å². The summed E-state index contributed by atoms with van der Waals surface area (Å²) < 4.78 is 8.74. The molecule has 0 bridgehead atoms. The quantitative estimate of drug-likeness (QED) is 0.223. The van der Waals surface area contributed by atoms with Gasteiger partial charge in [0.2, 0.25) is 5.71 Å². The fourth-order valence-corrected chi connectivity index (χ4v) is 6.09. The van der Waals surface area contributed by atoms with Crippen LogP contribution < -0.4 is 0 Å². The van der Waals surface area contributed by atoms with E-state index in [9.17, 15) is 0 Å². The van der Waals surface area contributed by atoms with Crippen LogP contribution in [0.5, 0.6) is 0 Å². The number of imidazole rings is 1. The van der Waals surface area contributed by atoms with Crippen LogP contribution in [0.25, 0.3) is 72.1 Å². The fraction of sp³-hybridized carbons (Fsp3) is 0.105. The number of aromatic nitrogens is 3. The summed E-state index contributed by atoms with van der Waals surface area (Å²) in [5.74, 6) is 0.840. The lowest BCUT2D eigenvalue weighted by Gasteiger charge is -2.23. The first-order valence-electron chi connectivity index (χ1n) is 14.3. The Balaban J connectivity index is 1.52. The van der Waals surface area contributed by atoms with Gasteiger partial charge in [0.05, 0.1) is 22.3 Å². The molecule has 0 saturated carbocycles. The Morgan fingerprint density at radius 2 is 1.45 bits per heavy atom. The van der Waals surface area contributed by atoms with Crippen molar-refractivity contribution in [2.24, 2.45) is 0 Å². The zero-order valence-corrected chi connectivity index (χ0v) is 23.8. The maximum absolute atomic E-state index is 6.43. The van der Waals surface area contributed by atoms with Gasteiger partial charge in [-0.3, -0.25) is 4.57 Å². The van der Waals surface area contributed by atoms with E-state index in [1.807, 2.05) is 6.07 Å². The van der Waals surface area contributed by atoms with Crippen LogP contribution in [0.1, 0.15) is 26.3 Å². The molecule has 42 heavy (non-hydrogen) atoms. The highest BCUT2D eigenvalue weighted by atomic mass is 16.3. The number of pyridine rings is 1.